The number of rotatable bonds is 1. The lowest BCUT2D eigenvalue weighted by molar-refractivity contribution is -0.133. The average molecular weight is 474 g/mol. The molecule has 5 N–H and O–H groups in total. The van der Waals surface area contributed by atoms with Crippen LogP contribution in [0.3, 0.4) is 0 Å². The summed E-state index contributed by atoms with van der Waals surface area (Å²) < 4.78 is 0. The third kappa shape index (κ3) is 14.7. The molecule has 0 radical (unpaired) electrons. The molecule has 0 saturated carbocycles. The van der Waals surface area contributed by atoms with Gasteiger partial charge in [-0.25, -0.2) is 4.79 Å². The molecule has 178 valence electrons. The van der Waals surface area contributed by atoms with Crippen molar-refractivity contribution in [1.29, 1.82) is 0 Å². The number of carbonyl (C=O) groups excluding carboxylic acids is 8. The SMILES string of the molecule is C=C(C)C(=O)O.O=C1C=CC(=O)N1.O=C1C=CC(=O)N1.O=C1C=CC(=O)N1.O=C1C=CC(=O)N1. The summed E-state index contributed by atoms with van der Waals surface area (Å²) >= 11 is 0. The van der Waals surface area contributed by atoms with Gasteiger partial charge in [0, 0.05) is 54.2 Å². The van der Waals surface area contributed by atoms with E-state index in [0.29, 0.717) is 0 Å². The molecule has 0 saturated heterocycles. The summed E-state index contributed by atoms with van der Waals surface area (Å²) in [4.78, 5) is 89.9. The van der Waals surface area contributed by atoms with Crippen LogP contribution in [-0.2, 0) is 43.2 Å². The minimum atomic E-state index is -0.935. The standard InChI is InChI=1S/4C4H3NO2.C4H6O2/c4*6-3-1-2-4(7)5-3;1-3(2)4(5)6/h4*1-2H,(H,5,6,7);1H2,2H3,(H,5,6). The minimum absolute atomic E-state index is 0.176. The number of aliphatic carboxylic acids is 1. The maximum atomic E-state index is 10.0. The van der Waals surface area contributed by atoms with Crippen LogP contribution in [0.1, 0.15) is 6.92 Å². The Balaban J connectivity index is 0.000000401. The van der Waals surface area contributed by atoms with Gasteiger partial charge in [-0.1, -0.05) is 6.58 Å². The first-order chi connectivity index (χ1) is 15.8. The van der Waals surface area contributed by atoms with Crippen LogP contribution in [0.25, 0.3) is 0 Å². The number of carbonyl (C=O) groups is 9. The van der Waals surface area contributed by atoms with Gasteiger partial charge in [-0.3, -0.25) is 59.6 Å². The summed E-state index contributed by atoms with van der Waals surface area (Å²) in [5.41, 5.74) is 0.176. The highest BCUT2D eigenvalue weighted by atomic mass is 16.4. The molecule has 0 aromatic rings. The van der Waals surface area contributed by atoms with Crippen LogP contribution >= 0.6 is 0 Å². The smallest absolute Gasteiger partial charge is 0.330 e. The molecule has 0 bridgehead atoms. The Morgan fingerprint density at radius 3 is 0.676 bits per heavy atom. The van der Waals surface area contributed by atoms with E-state index >= 15 is 0 Å². The van der Waals surface area contributed by atoms with E-state index < -0.39 is 5.97 Å². The number of amides is 8. The third-order valence-electron chi connectivity index (χ3n) is 2.90. The van der Waals surface area contributed by atoms with Gasteiger partial charge in [-0.05, 0) is 6.92 Å². The van der Waals surface area contributed by atoms with Crippen molar-refractivity contribution in [1.82, 2.24) is 21.3 Å². The number of hydrogen-bond donors (Lipinski definition) is 5. The zero-order chi connectivity index (χ0) is 26.3. The fraction of sp³-hybridized carbons (Fsp3) is 0.0500. The predicted molar refractivity (Wildman–Crippen MR) is 112 cm³/mol. The van der Waals surface area contributed by atoms with Gasteiger partial charge in [-0.2, -0.15) is 0 Å². The van der Waals surface area contributed by atoms with E-state index in [4.69, 9.17) is 5.11 Å². The molecule has 0 aliphatic carbocycles. The Morgan fingerprint density at radius 1 is 0.529 bits per heavy atom. The van der Waals surface area contributed by atoms with Crippen molar-refractivity contribution in [3.8, 4) is 0 Å². The molecule has 0 aromatic carbocycles. The third-order valence-corrected chi connectivity index (χ3v) is 2.90. The van der Waals surface area contributed by atoms with Crippen molar-refractivity contribution in [2.75, 3.05) is 0 Å². The van der Waals surface area contributed by atoms with E-state index in [1.165, 1.54) is 55.5 Å². The molecule has 0 atom stereocenters. The van der Waals surface area contributed by atoms with Crippen molar-refractivity contribution in [3.05, 3.63) is 60.8 Å². The highest BCUT2D eigenvalue weighted by molar-refractivity contribution is 6.14. The first kappa shape index (κ1) is 28.7. The van der Waals surface area contributed by atoms with E-state index in [9.17, 15) is 43.2 Å². The lowest BCUT2D eigenvalue weighted by Crippen LogP contribution is -2.19. The fourth-order valence-corrected chi connectivity index (χ4v) is 1.42. The predicted octanol–water partition coefficient (Wildman–Crippen LogP) is -2.56. The quantitative estimate of drug-likeness (QED) is 0.197. The molecule has 4 rings (SSSR count). The Labute approximate surface area is 191 Å². The van der Waals surface area contributed by atoms with Crippen molar-refractivity contribution in [2.45, 2.75) is 6.92 Å². The van der Waals surface area contributed by atoms with Gasteiger partial charge in [-0.15, -0.1) is 0 Å². The molecule has 8 amide bonds. The van der Waals surface area contributed by atoms with E-state index in [0.717, 1.165) is 0 Å². The molecule has 0 unspecified atom stereocenters. The van der Waals surface area contributed by atoms with Gasteiger partial charge in [0.2, 0.25) is 0 Å². The molecule has 14 nitrogen and oxygen atoms in total. The first-order valence-corrected chi connectivity index (χ1v) is 8.81. The second-order valence-electron chi connectivity index (χ2n) is 5.83. The Kier molecular flexibility index (Phi) is 12.4. The summed E-state index contributed by atoms with van der Waals surface area (Å²) in [5.74, 6) is -3.56. The van der Waals surface area contributed by atoms with Crippen molar-refractivity contribution < 1.29 is 48.3 Å². The molecule has 34 heavy (non-hydrogen) atoms. The number of hydrogen-bond acceptors (Lipinski definition) is 9. The molecular weight excluding hydrogens is 456 g/mol. The van der Waals surface area contributed by atoms with Crippen LogP contribution in [-0.4, -0.2) is 58.3 Å². The van der Waals surface area contributed by atoms with Crippen LogP contribution in [0.5, 0.6) is 0 Å². The Morgan fingerprint density at radius 2 is 0.647 bits per heavy atom. The molecule has 4 aliphatic rings. The minimum Gasteiger partial charge on any atom is -0.478 e. The highest BCUT2D eigenvalue weighted by Gasteiger charge is 2.08. The maximum Gasteiger partial charge on any atom is 0.330 e. The molecule has 0 spiro atoms. The summed E-state index contributed by atoms with van der Waals surface area (Å²) in [5, 5.41) is 16.0. The van der Waals surface area contributed by atoms with Gasteiger partial charge < -0.3 is 5.11 Å². The van der Waals surface area contributed by atoms with Crippen LogP contribution in [0.2, 0.25) is 0 Å². The second-order valence-corrected chi connectivity index (χ2v) is 5.83. The zero-order valence-electron chi connectivity index (χ0n) is 17.4. The maximum absolute atomic E-state index is 10.0. The van der Waals surface area contributed by atoms with Crippen molar-refractivity contribution in [3.63, 3.8) is 0 Å². The Hall–Kier alpha value is -5.27. The first-order valence-electron chi connectivity index (χ1n) is 8.81. The van der Waals surface area contributed by atoms with Gasteiger partial charge in [0.25, 0.3) is 47.3 Å². The summed E-state index contributed by atoms with van der Waals surface area (Å²) in [6, 6.07) is 0. The summed E-state index contributed by atoms with van der Waals surface area (Å²) in [6.07, 6.45) is 9.57. The van der Waals surface area contributed by atoms with E-state index in [2.05, 4.69) is 6.58 Å². The highest BCUT2D eigenvalue weighted by Crippen LogP contribution is 1.84. The van der Waals surface area contributed by atoms with E-state index in [1.807, 2.05) is 21.3 Å². The van der Waals surface area contributed by atoms with Gasteiger partial charge in [0.05, 0.1) is 0 Å². The van der Waals surface area contributed by atoms with Crippen LogP contribution in [0, 0.1) is 0 Å². The zero-order valence-corrected chi connectivity index (χ0v) is 17.4. The molecule has 14 heteroatoms. The largest absolute Gasteiger partial charge is 0.478 e. The van der Waals surface area contributed by atoms with Crippen LogP contribution < -0.4 is 21.3 Å². The van der Waals surface area contributed by atoms with Gasteiger partial charge in [0.15, 0.2) is 0 Å². The van der Waals surface area contributed by atoms with E-state index in [1.54, 1.807) is 0 Å². The fourth-order valence-electron chi connectivity index (χ4n) is 1.42. The average Bonchev–Trinajstić information content (AvgIpc) is 3.50. The van der Waals surface area contributed by atoms with Gasteiger partial charge in [0.1, 0.15) is 0 Å². The molecular formula is C20H18N4O10. The topological polar surface area (TPSA) is 222 Å². The number of carboxylic acid groups (broad SMARTS) is 1. The van der Waals surface area contributed by atoms with Gasteiger partial charge >= 0.3 is 5.97 Å². The molecule has 4 heterocycles. The number of nitrogens with one attached hydrogen (secondary N) is 4. The van der Waals surface area contributed by atoms with Crippen LogP contribution in [0.4, 0.5) is 0 Å². The summed E-state index contributed by atoms with van der Waals surface area (Å²) in [6.45, 7) is 4.60. The molecule has 0 fully saturated rings. The second kappa shape index (κ2) is 14.7. The van der Waals surface area contributed by atoms with E-state index in [-0.39, 0.29) is 52.8 Å². The van der Waals surface area contributed by atoms with Crippen molar-refractivity contribution >= 4 is 53.2 Å². The monoisotopic (exact) mass is 474 g/mol. The molecule has 0 aromatic heterocycles. The lowest BCUT2D eigenvalue weighted by atomic mass is 10.4. The summed E-state index contributed by atoms with van der Waals surface area (Å²) in [7, 11) is 0. The lowest BCUT2D eigenvalue weighted by Gasteiger charge is -1.80. The van der Waals surface area contributed by atoms with Crippen molar-refractivity contribution in [2.24, 2.45) is 0 Å². The molecule has 4 aliphatic heterocycles. The normalized spacial score (nSPS) is 15.9. The number of carboxylic acids is 1. The number of imide groups is 4. The van der Waals surface area contributed by atoms with Crippen LogP contribution in [0.15, 0.2) is 60.8 Å². The Bertz CT molecular complexity index is 843.